The molecular weight excluding hydrogens is 390 g/mol. The number of benzene rings is 2. The Balaban J connectivity index is 1.84. The van der Waals surface area contributed by atoms with Crippen molar-refractivity contribution < 1.29 is 19.0 Å². The number of hydrogen-bond donors (Lipinski definition) is 1. The molecule has 0 saturated heterocycles. The van der Waals surface area contributed by atoms with Gasteiger partial charge >= 0.3 is 0 Å². The molecule has 1 heterocycles. The molecule has 0 unspecified atom stereocenters. The van der Waals surface area contributed by atoms with Gasteiger partial charge in [-0.2, -0.15) is 0 Å². The number of ether oxygens (including phenoxy) is 3. The molecule has 0 fully saturated rings. The van der Waals surface area contributed by atoms with Crippen molar-refractivity contribution in [1.29, 1.82) is 0 Å². The van der Waals surface area contributed by atoms with Crippen LogP contribution in [0.4, 0.5) is 5.69 Å². The predicted octanol–water partition coefficient (Wildman–Crippen LogP) is 4.65. The van der Waals surface area contributed by atoms with E-state index in [1.54, 1.807) is 18.3 Å². The summed E-state index contributed by atoms with van der Waals surface area (Å²) in [7, 11) is 0. The van der Waals surface area contributed by atoms with E-state index in [1.807, 2.05) is 45.0 Å². The minimum absolute atomic E-state index is 0.262. The maximum absolute atomic E-state index is 12.8. The number of amides is 1. The quantitative estimate of drug-likeness (QED) is 0.550. The Kier molecular flexibility index (Phi) is 7.02. The SMILES string of the molecule is CCOc1cc(C(=O)Nc2ccc(-c3cnns3)cc2)cc(OCC)c1OCC. The van der Waals surface area contributed by atoms with Crippen molar-refractivity contribution in [2.75, 3.05) is 25.1 Å². The Morgan fingerprint density at radius 3 is 2.10 bits per heavy atom. The first-order chi connectivity index (χ1) is 14.2. The van der Waals surface area contributed by atoms with E-state index in [1.165, 1.54) is 11.5 Å². The molecule has 0 saturated carbocycles. The summed E-state index contributed by atoms with van der Waals surface area (Å²) in [4.78, 5) is 13.8. The Morgan fingerprint density at radius 1 is 0.966 bits per heavy atom. The lowest BCUT2D eigenvalue weighted by Crippen LogP contribution is -2.13. The third-order valence-electron chi connectivity index (χ3n) is 3.96. The molecule has 0 aliphatic carbocycles. The summed E-state index contributed by atoms with van der Waals surface area (Å²) >= 11 is 1.32. The molecule has 0 atom stereocenters. The number of nitrogens with zero attached hydrogens (tertiary/aromatic N) is 2. The van der Waals surface area contributed by atoms with Crippen molar-refractivity contribution in [3.63, 3.8) is 0 Å². The number of anilines is 1. The molecular formula is C21H23N3O4S. The molecule has 0 spiro atoms. The normalized spacial score (nSPS) is 10.4. The zero-order chi connectivity index (χ0) is 20.6. The monoisotopic (exact) mass is 413 g/mol. The van der Waals surface area contributed by atoms with E-state index in [9.17, 15) is 4.79 Å². The van der Waals surface area contributed by atoms with Crippen molar-refractivity contribution in [1.82, 2.24) is 9.59 Å². The highest BCUT2D eigenvalue weighted by Crippen LogP contribution is 2.39. The molecule has 0 aliphatic heterocycles. The molecule has 2 aromatic carbocycles. The summed E-state index contributed by atoms with van der Waals surface area (Å²) in [5.41, 5.74) is 2.11. The molecule has 1 aromatic heterocycles. The molecule has 0 bridgehead atoms. The van der Waals surface area contributed by atoms with Crippen LogP contribution in [-0.4, -0.2) is 35.3 Å². The van der Waals surface area contributed by atoms with Gasteiger partial charge in [0.1, 0.15) is 0 Å². The molecule has 1 amide bonds. The van der Waals surface area contributed by atoms with Crippen LogP contribution in [0.3, 0.4) is 0 Å². The fourth-order valence-corrected chi connectivity index (χ4v) is 3.25. The maximum atomic E-state index is 12.8. The van der Waals surface area contributed by atoms with Crippen LogP contribution in [0.15, 0.2) is 42.6 Å². The molecule has 0 radical (unpaired) electrons. The van der Waals surface area contributed by atoms with Gasteiger partial charge in [0.25, 0.3) is 5.91 Å². The van der Waals surface area contributed by atoms with Gasteiger partial charge in [-0.3, -0.25) is 4.79 Å². The number of hydrogen-bond acceptors (Lipinski definition) is 7. The molecule has 8 heteroatoms. The molecule has 7 nitrogen and oxygen atoms in total. The van der Waals surface area contributed by atoms with Gasteiger partial charge in [0.15, 0.2) is 11.5 Å². The van der Waals surface area contributed by atoms with Gasteiger partial charge in [0, 0.05) is 11.3 Å². The van der Waals surface area contributed by atoms with Crippen molar-refractivity contribution >= 4 is 23.1 Å². The first-order valence-corrected chi connectivity index (χ1v) is 10.2. The van der Waals surface area contributed by atoms with E-state index in [2.05, 4.69) is 14.9 Å². The second-order valence-electron chi connectivity index (χ2n) is 5.91. The second kappa shape index (κ2) is 9.88. The van der Waals surface area contributed by atoms with Gasteiger partial charge in [-0.1, -0.05) is 16.6 Å². The highest BCUT2D eigenvalue weighted by atomic mass is 32.1. The number of carbonyl (C=O) groups is 1. The van der Waals surface area contributed by atoms with E-state index in [0.29, 0.717) is 48.3 Å². The predicted molar refractivity (Wildman–Crippen MR) is 113 cm³/mol. The van der Waals surface area contributed by atoms with E-state index in [0.717, 1.165) is 10.4 Å². The second-order valence-corrected chi connectivity index (χ2v) is 6.70. The highest BCUT2D eigenvalue weighted by molar-refractivity contribution is 7.09. The lowest BCUT2D eigenvalue weighted by Gasteiger charge is -2.17. The first kappa shape index (κ1) is 20.6. The zero-order valence-corrected chi connectivity index (χ0v) is 17.4. The average molecular weight is 413 g/mol. The van der Waals surface area contributed by atoms with Crippen LogP contribution in [0.1, 0.15) is 31.1 Å². The topological polar surface area (TPSA) is 82.6 Å². The van der Waals surface area contributed by atoms with Gasteiger partial charge in [-0.25, -0.2) is 0 Å². The van der Waals surface area contributed by atoms with Gasteiger partial charge in [0.05, 0.1) is 30.9 Å². The molecule has 29 heavy (non-hydrogen) atoms. The summed E-state index contributed by atoms with van der Waals surface area (Å²) in [6.45, 7) is 7.01. The Bertz CT molecular complexity index is 916. The largest absolute Gasteiger partial charge is 0.490 e. The van der Waals surface area contributed by atoms with Crippen LogP contribution < -0.4 is 19.5 Å². The van der Waals surface area contributed by atoms with E-state index in [4.69, 9.17) is 14.2 Å². The summed E-state index contributed by atoms with van der Waals surface area (Å²) in [5.74, 6) is 1.22. The van der Waals surface area contributed by atoms with Crippen LogP contribution >= 0.6 is 11.5 Å². The fraction of sp³-hybridized carbons (Fsp3) is 0.286. The van der Waals surface area contributed by atoms with Crippen molar-refractivity contribution in [2.24, 2.45) is 0 Å². The molecule has 0 aliphatic rings. The van der Waals surface area contributed by atoms with Gasteiger partial charge in [-0.05, 0) is 62.1 Å². The number of carbonyl (C=O) groups excluding carboxylic acids is 1. The standard InChI is InChI=1S/C21H23N3O4S/c1-4-26-17-11-15(12-18(27-5-2)20(17)28-6-3)21(25)23-16-9-7-14(8-10-16)19-13-22-24-29-19/h7-13H,4-6H2,1-3H3,(H,23,25). The number of aromatic nitrogens is 2. The van der Waals surface area contributed by atoms with Crippen LogP contribution in [0, 0.1) is 0 Å². The number of nitrogens with one attached hydrogen (secondary N) is 1. The first-order valence-electron chi connectivity index (χ1n) is 9.41. The van der Waals surface area contributed by atoms with Gasteiger partial charge in [0.2, 0.25) is 5.75 Å². The van der Waals surface area contributed by atoms with Crippen LogP contribution in [0.25, 0.3) is 10.4 Å². The van der Waals surface area contributed by atoms with Gasteiger partial charge < -0.3 is 19.5 Å². The van der Waals surface area contributed by atoms with E-state index in [-0.39, 0.29) is 5.91 Å². The van der Waals surface area contributed by atoms with Crippen LogP contribution in [-0.2, 0) is 0 Å². The summed E-state index contributed by atoms with van der Waals surface area (Å²) < 4.78 is 20.9. The maximum Gasteiger partial charge on any atom is 0.255 e. The zero-order valence-electron chi connectivity index (χ0n) is 16.6. The fourth-order valence-electron chi connectivity index (χ4n) is 2.74. The molecule has 1 N–H and O–H groups in total. The minimum atomic E-state index is -0.262. The third kappa shape index (κ3) is 5.03. The number of rotatable bonds is 9. The molecule has 3 rings (SSSR count). The molecule has 3 aromatic rings. The van der Waals surface area contributed by atoms with Crippen molar-refractivity contribution in [3.8, 4) is 27.7 Å². The van der Waals surface area contributed by atoms with Crippen molar-refractivity contribution in [3.05, 3.63) is 48.2 Å². The highest BCUT2D eigenvalue weighted by Gasteiger charge is 2.18. The van der Waals surface area contributed by atoms with E-state index < -0.39 is 0 Å². The summed E-state index contributed by atoms with van der Waals surface area (Å²) in [6, 6.07) is 10.9. The molecule has 152 valence electrons. The smallest absolute Gasteiger partial charge is 0.255 e. The van der Waals surface area contributed by atoms with Crippen LogP contribution in [0.5, 0.6) is 17.2 Å². The lowest BCUT2D eigenvalue weighted by molar-refractivity contribution is 0.102. The summed E-state index contributed by atoms with van der Waals surface area (Å²) in [6.07, 6.45) is 1.71. The van der Waals surface area contributed by atoms with E-state index >= 15 is 0 Å². The Morgan fingerprint density at radius 2 is 1.59 bits per heavy atom. The Hall–Kier alpha value is -3.13. The Labute approximate surface area is 173 Å². The third-order valence-corrected chi connectivity index (χ3v) is 4.67. The van der Waals surface area contributed by atoms with Gasteiger partial charge in [-0.15, -0.1) is 5.10 Å². The lowest BCUT2D eigenvalue weighted by atomic mass is 10.1. The summed E-state index contributed by atoms with van der Waals surface area (Å²) in [5, 5.41) is 6.74. The average Bonchev–Trinajstić information content (AvgIpc) is 3.26. The van der Waals surface area contributed by atoms with Crippen LogP contribution in [0.2, 0.25) is 0 Å². The minimum Gasteiger partial charge on any atom is -0.490 e. The van der Waals surface area contributed by atoms with Crippen molar-refractivity contribution in [2.45, 2.75) is 20.8 Å².